The van der Waals surface area contributed by atoms with Gasteiger partial charge in [-0.2, -0.15) is 4.98 Å². The van der Waals surface area contributed by atoms with Crippen LogP contribution in [0.25, 0.3) is 0 Å². The summed E-state index contributed by atoms with van der Waals surface area (Å²) in [4.78, 5) is 20.3. The van der Waals surface area contributed by atoms with Crippen molar-refractivity contribution >= 4 is 5.91 Å². The lowest BCUT2D eigenvalue weighted by atomic mass is 10.1. The summed E-state index contributed by atoms with van der Waals surface area (Å²) in [6.07, 6.45) is 0.341. The van der Waals surface area contributed by atoms with Crippen LogP contribution >= 0.6 is 0 Å². The van der Waals surface area contributed by atoms with Gasteiger partial charge in [0.05, 0.1) is 0 Å². The van der Waals surface area contributed by atoms with Gasteiger partial charge >= 0.3 is 0 Å². The van der Waals surface area contributed by atoms with Crippen LogP contribution in [0.4, 0.5) is 0 Å². The maximum Gasteiger partial charge on any atom is 0.274 e. The van der Waals surface area contributed by atoms with Crippen molar-refractivity contribution in [1.82, 2.24) is 15.3 Å². The average Bonchev–Trinajstić information content (AvgIpc) is 2.64. The third-order valence-electron chi connectivity index (χ3n) is 3.63. The lowest BCUT2D eigenvalue weighted by Crippen LogP contribution is -2.24. The van der Waals surface area contributed by atoms with E-state index in [9.17, 15) is 15.0 Å². The van der Waals surface area contributed by atoms with Crippen molar-refractivity contribution in [1.29, 1.82) is 0 Å². The van der Waals surface area contributed by atoms with E-state index in [1.807, 2.05) is 60.7 Å². The molecule has 1 heterocycles. The van der Waals surface area contributed by atoms with Gasteiger partial charge in [-0.15, -0.1) is 0 Å². The molecule has 0 saturated carbocycles. The SMILES string of the molecule is O=C(NCc1ccccc1)c1nc(Cc2ccccc2)nc(O)c1O. The highest BCUT2D eigenvalue weighted by Gasteiger charge is 2.19. The van der Waals surface area contributed by atoms with Crippen LogP contribution in [-0.4, -0.2) is 26.1 Å². The fraction of sp³-hybridized carbons (Fsp3) is 0.105. The van der Waals surface area contributed by atoms with Crippen LogP contribution in [0.5, 0.6) is 11.6 Å². The Labute approximate surface area is 144 Å². The number of amides is 1. The monoisotopic (exact) mass is 335 g/mol. The lowest BCUT2D eigenvalue weighted by molar-refractivity contribution is 0.0941. The van der Waals surface area contributed by atoms with E-state index in [1.165, 1.54) is 0 Å². The second-order valence-electron chi connectivity index (χ2n) is 5.49. The molecule has 25 heavy (non-hydrogen) atoms. The van der Waals surface area contributed by atoms with Gasteiger partial charge in [0.25, 0.3) is 11.8 Å². The lowest BCUT2D eigenvalue weighted by Gasteiger charge is -2.09. The minimum absolute atomic E-state index is 0.241. The van der Waals surface area contributed by atoms with E-state index in [0.29, 0.717) is 6.42 Å². The highest BCUT2D eigenvalue weighted by molar-refractivity contribution is 5.95. The summed E-state index contributed by atoms with van der Waals surface area (Å²) in [6.45, 7) is 0.290. The van der Waals surface area contributed by atoms with Crippen LogP contribution < -0.4 is 5.32 Å². The zero-order chi connectivity index (χ0) is 17.6. The predicted molar refractivity (Wildman–Crippen MR) is 92.2 cm³/mol. The molecule has 0 radical (unpaired) electrons. The molecular formula is C19H17N3O3. The molecule has 0 bridgehead atoms. The number of benzene rings is 2. The molecule has 0 aliphatic rings. The molecule has 1 amide bonds. The predicted octanol–water partition coefficient (Wildman–Crippen LogP) is 2.41. The second-order valence-corrected chi connectivity index (χ2v) is 5.49. The summed E-state index contributed by atoms with van der Waals surface area (Å²) < 4.78 is 0. The van der Waals surface area contributed by atoms with Crippen molar-refractivity contribution in [3.63, 3.8) is 0 Å². The van der Waals surface area contributed by atoms with Gasteiger partial charge in [0, 0.05) is 13.0 Å². The van der Waals surface area contributed by atoms with Crippen LogP contribution in [0.2, 0.25) is 0 Å². The molecule has 0 spiro atoms. The number of nitrogens with one attached hydrogen (secondary N) is 1. The van der Waals surface area contributed by atoms with E-state index >= 15 is 0 Å². The Bertz CT molecular complexity index is 868. The Hall–Kier alpha value is -3.41. The first-order valence-corrected chi connectivity index (χ1v) is 7.78. The molecule has 6 heteroatoms. The Morgan fingerprint density at radius 3 is 2.12 bits per heavy atom. The van der Waals surface area contributed by atoms with E-state index in [4.69, 9.17) is 0 Å². The molecule has 126 valence electrons. The molecular weight excluding hydrogens is 318 g/mol. The van der Waals surface area contributed by atoms with Crippen LogP contribution in [0.3, 0.4) is 0 Å². The molecule has 3 N–H and O–H groups in total. The third kappa shape index (κ3) is 4.11. The van der Waals surface area contributed by atoms with Gasteiger partial charge in [0.1, 0.15) is 5.82 Å². The van der Waals surface area contributed by atoms with Gasteiger partial charge in [0.2, 0.25) is 5.75 Å². The zero-order valence-corrected chi connectivity index (χ0v) is 13.4. The fourth-order valence-corrected chi connectivity index (χ4v) is 2.37. The van der Waals surface area contributed by atoms with E-state index in [0.717, 1.165) is 11.1 Å². The molecule has 0 atom stereocenters. The van der Waals surface area contributed by atoms with Crippen LogP contribution in [0.1, 0.15) is 27.4 Å². The molecule has 1 aromatic heterocycles. The van der Waals surface area contributed by atoms with Gasteiger partial charge in [-0.1, -0.05) is 60.7 Å². The zero-order valence-electron chi connectivity index (χ0n) is 13.4. The van der Waals surface area contributed by atoms with Crippen LogP contribution in [-0.2, 0) is 13.0 Å². The first kappa shape index (κ1) is 16.4. The molecule has 2 aromatic carbocycles. The molecule has 0 fully saturated rings. The number of aromatic nitrogens is 2. The summed E-state index contributed by atoms with van der Waals surface area (Å²) in [5, 5.41) is 22.4. The number of nitrogens with zero attached hydrogens (tertiary/aromatic N) is 2. The van der Waals surface area contributed by atoms with Crippen LogP contribution in [0.15, 0.2) is 60.7 Å². The largest absolute Gasteiger partial charge is 0.501 e. The highest BCUT2D eigenvalue weighted by Crippen LogP contribution is 2.25. The molecule has 3 aromatic rings. The first-order valence-electron chi connectivity index (χ1n) is 7.78. The summed E-state index contributed by atoms with van der Waals surface area (Å²) in [6, 6.07) is 18.8. The van der Waals surface area contributed by atoms with Crippen molar-refractivity contribution in [3.05, 3.63) is 83.3 Å². The minimum atomic E-state index is -0.623. The third-order valence-corrected chi connectivity index (χ3v) is 3.63. The quantitative estimate of drug-likeness (QED) is 0.665. The topological polar surface area (TPSA) is 95.3 Å². The molecule has 0 aliphatic heterocycles. The number of aromatic hydroxyl groups is 2. The Morgan fingerprint density at radius 1 is 0.880 bits per heavy atom. The number of hydrogen-bond donors (Lipinski definition) is 3. The Morgan fingerprint density at radius 2 is 1.48 bits per heavy atom. The molecule has 0 aliphatic carbocycles. The van der Waals surface area contributed by atoms with Gasteiger partial charge in [-0.25, -0.2) is 4.98 Å². The van der Waals surface area contributed by atoms with E-state index in [2.05, 4.69) is 15.3 Å². The van der Waals surface area contributed by atoms with Gasteiger partial charge in [0.15, 0.2) is 5.69 Å². The normalized spacial score (nSPS) is 10.4. The van der Waals surface area contributed by atoms with Crippen molar-refractivity contribution in [2.45, 2.75) is 13.0 Å². The maximum absolute atomic E-state index is 12.3. The van der Waals surface area contributed by atoms with Gasteiger partial charge in [-0.3, -0.25) is 4.79 Å². The van der Waals surface area contributed by atoms with Gasteiger partial charge < -0.3 is 15.5 Å². The highest BCUT2D eigenvalue weighted by atomic mass is 16.3. The van der Waals surface area contributed by atoms with Crippen LogP contribution in [0, 0.1) is 0 Å². The summed E-state index contributed by atoms with van der Waals surface area (Å²) in [7, 11) is 0. The second kappa shape index (κ2) is 7.44. The Balaban J connectivity index is 1.78. The van der Waals surface area contributed by atoms with Gasteiger partial charge in [-0.05, 0) is 11.1 Å². The summed E-state index contributed by atoms with van der Waals surface area (Å²) in [5.74, 6) is -1.55. The van der Waals surface area contributed by atoms with E-state index in [-0.39, 0.29) is 18.1 Å². The van der Waals surface area contributed by atoms with Crippen molar-refractivity contribution in [2.24, 2.45) is 0 Å². The standard InChI is InChI=1S/C19H17N3O3/c23-17-16(18(24)20-12-14-9-5-2-6-10-14)21-15(22-19(17)25)11-13-7-3-1-4-8-13/h1-10,23H,11-12H2,(H,20,24)(H,21,22,25). The average molecular weight is 335 g/mol. The number of carbonyl (C=O) groups is 1. The Kier molecular flexibility index (Phi) is 4.89. The molecule has 6 nitrogen and oxygen atoms in total. The molecule has 0 unspecified atom stereocenters. The number of rotatable bonds is 5. The first-order chi connectivity index (χ1) is 12.1. The van der Waals surface area contributed by atoms with E-state index in [1.54, 1.807) is 0 Å². The van der Waals surface area contributed by atoms with Crippen molar-refractivity contribution in [3.8, 4) is 11.6 Å². The fourth-order valence-electron chi connectivity index (χ4n) is 2.37. The number of hydrogen-bond acceptors (Lipinski definition) is 5. The van der Waals surface area contributed by atoms with Crippen molar-refractivity contribution < 1.29 is 15.0 Å². The summed E-state index contributed by atoms with van der Waals surface area (Å²) in [5.41, 5.74) is 1.61. The minimum Gasteiger partial charge on any atom is -0.501 e. The molecule has 3 rings (SSSR count). The summed E-state index contributed by atoms with van der Waals surface area (Å²) >= 11 is 0. The molecule has 0 saturated heterocycles. The van der Waals surface area contributed by atoms with E-state index < -0.39 is 17.5 Å². The maximum atomic E-state index is 12.3. The van der Waals surface area contributed by atoms with Crippen molar-refractivity contribution in [2.75, 3.05) is 0 Å². The number of carbonyl (C=O) groups excluding carboxylic acids is 1. The smallest absolute Gasteiger partial charge is 0.274 e.